The third kappa shape index (κ3) is 9.19. The van der Waals surface area contributed by atoms with E-state index in [0.717, 1.165) is 38.5 Å². The van der Waals surface area contributed by atoms with Crippen LogP contribution in [0.1, 0.15) is 96.1 Å². The quantitative estimate of drug-likeness (QED) is 0.0925. The SMILES string of the molecule is CC(C(=O)C(C)c1ccc(N2CCN(C(=O)c3cc([N+](=O)[O-])ccc3NC3CCC3)CC2)c(F)c1)c1ccc(N2CCN(C(=O)c3cc([N+](=O)[O-])ccc3NC3CCC3)CC2)c(F)c1. The Morgan fingerprint density at radius 3 is 1.27 bits per heavy atom. The van der Waals surface area contributed by atoms with Crippen LogP contribution in [0.3, 0.4) is 0 Å². The summed E-state index contributed by atoms with van der Waals surface area (Å²) in [6.45, 7) is 5.87. The molecule has 2 aliphatic heterocycles. The van der Waals surface area contributed by atoms with Gasteiger partial charge < -0.3 is 30.2 Å². The van der Waals surface area contributed by atoms with Gasteiger partial charge in [-0.3, -0.25) is 34.6 Å². The molecule has 64 heavy (non-hydrogen) atoms. The maximum Gasteiger partial charge on any atom is 0.270 e. The first-order valence-electron chi connectivity index (χ1n) is 22.1. The molecule has 2 aliphatic carbocycles. The van der Waals surface area contributed by atoms with E-state index in [1.165, 1.54) is 36.4 Å². The Labute approximate surface area is 369 Å². The highest BCUT2D eigenvalue weighted by atomic mass is 19.1. The number of piperazine rings is 2. The van der Waals surface area contributed by atoms with Crippen LogP contribution in [0, 0.1) is 31.9 Å². The predicted octanol–water partition coefficient (Wildman–Crippen LogP) is 8.11. The van der Waals surface area contributed by atoms with Gasteiger partial charge in [-0.15, -0.1) is 0 Å². The van der Waals surface area contributed by atoms with E-state index in [1.54, 1.807) is 60.0 Å². The van der Waals surface area contributed by atoms with Crippen LogP contribution < -0.4 is 20.4 Å². The van der Waals surface area contributed by atoms with Gasteiger partial charge in [0.25, 0.3) is 23.2 Å². The number of nitro groups is 2. The minimum absolute atomic E-state index is 0.165. The molecule has 2 atom stereocenters. The lowest BCUT2D eigenvalue weighted by atomic mass is 9.85. The lowest BCUT2D eigenvalue weighted by Crippen LogP contribution is -2.49. The van der Waals surface area contributed by atoms with Gasteiger partial charge in [-0.05, 0) is 86.1 Å². The molecule has 2 heterocycles. The van der Waals surface area contributed by atoms with E-state index in [2.05, 4.69) is 10.6 Å². The second kappa shape index (κ2) is 18.6. The fourth-order valence-corrected chi connectivity index (χ4v) is 8.89. The summed E-state index contributed by atoms with van der Waals surface area (Å²) in [6.07, 6.45) is 6.04. The first kappa shape index (κ1) is 44.0. The number of hydrogen-bond donors (Lipinski definition) is 2. The lowest BCUT2D eigenvalue weighted by Gasteiger charge is -2.37. The van der Waals surface area contributed by atoms with Gasteiger partial charge in [-0.1, -0.05) is 26.0 Å². The van der Waals surface area contributed by atoms with Crippen molar-refractivity contribution < 1.29 is 33.0 Å². The molecular formula is C47H52F2N8O7. The van der Waals surface area contributed by atoms with Gasteiger partial charge in [0.1, 0.15) is 17.4 Å². The van der Waals surface area contributed by atoms with E-state index in [4.69, 9.17) is 0 Å². The summed E-state index contributed by atoms with van der Waals surface area (Å²) in [6, 6.07) is 18.4. The number of non-ortho nitro benzene ring substituents is 2. The predicted molar refractivity (Wildman–Crippen MR) is 240 cm³/mol. The van der Waals surface area contributed by atoms with Gasteiger partial charge in [0.05, 0.1) is 32.3 Å². The zero-order valence-electron chi connectivity index (χ0n) is 35.9. The number of amides is 2. The summed E-state index contributed by atoms with van der Waals surface area (Å²) in [7, 11) is 0. The molecule has 4 aromatic carbocycles. The number of rotatable bonds is 14. The zero-order valence-corrected chi connectivity index (χ0v) is 35.9. The minimum atomic E-state index is -0.700. The molecule has 2 saturated carbocycles. The van der Waals surface area contributed by atoms with Crippen molar-refractivity contribution in [3.8, 4) is 0 Å². The summed E-state index contributed by atoms with van der Waals surface area (Å²) in [4.78, 5) is 70.0. The van der Waals surface area contributed by atoms with Crippen molar-refractivity contribution in [1.29, 1.82) is 0 Å². The number of carbonyl (C=O) groups is 3. The summed E-state index contributed by atoms with van der Waals surface area (Å²) in [5.41, 5.74) is 2.92. The van der Waals surface area contributed by atoms with Crippen LogP contribution in [-0.2, 0) is 4.79 Å². The maximum absolute atomic E-state index is 15.8. The zero-order chi connectivity index (χ0) is 45.2. The van der Waals surface area contributed by atoms with Gasteiger partial charge in [0.15, 0.2) is 0 Å². The molecule has 0 spiro atoms. The number of anilines is 4. The van der Waals surface area contributed by atoms with Crippen LogP contribution in [0.4, 0.5) is 42.9 Å². The third-order valence-electron chi connectivity index (χ3n) is 13.4. The standard InChI is InChI=1S/C47H52F2N8O7/c1-29(31-9-15-43(39(48)25-31)52-17-21-54(22-18-52)46(59)37-27-35(56(61)62)11-13-41(37)50-33-5-3-6-33)45(58)30(2)32-10-16-44(40(49)26-32)53-19-23-55(24-20-53)47(60)38-28-36(57(63)64)12-14-42(38)51-34-7-4-8-34/h9-16,25-30,33-34,50-51H,3-8,17-24H2,1-2H3. The number of ketones is 1. The number of benzene rings is 4. The van der Waals surface area contributed by atoms with E-state index < -0.39 is 33.3 Å². The van der Waals surface area contributed by atoms with Crippen LogP contribution in [0.15, 0.2) is 72.8 Å². The van der Waals surface area contributed by atoms with Crippen LogP contribution in [0.5, 0.6) is 0 Å². The molecule has 0 bridgehead atoms. The molecular weight excluding hydrogens is 827 g/mol. The molecule has 8 rings (SSSR count). The Morgan fingerprint density at radius 2 is 0.953 bits per heavy atom. The van der Waals surface area contributed by atoms with Crippen molar-refractivity contribution in [2.24, 2.45) is 0 Å². The van der Waals surface area contributed by atoms with Crippen molar-refractivity contribution in [2.45, 2.75) is 76.3 Å². The fourth-order valence-electron chi connectivity index (χ4n) is 8.89. The molecule has 0 radical (unpaired) electrons. The molecule has 17 heteroatoms. The number of halogens is 2. The Bertz CT molecular complexity index is 2300. The molecule has 2 amide bonds. The van der Waals surface area contributed by atoms with Crippen LogP contribution in [0.2, 0.25) is 0 Å². The Kier molecular flexibility index (Phi) is 12.8. The lowest BCUT2D eigenvalue weighted by molar-refractivity contribution is -0.385. The average molecular weight is 879 g/mol. The molecule has 15 nitrogen and oxygen atoms in total. The van der Waals surface area contributed by atoms with Crippen molar-refractivity contribution in [1.82, 2.24) is 9.80 Å². The monoisotopic (exact) mass is 878 g/mol. The summed E-state index contributed by atoms with van der Waals surface area (Å²) in [5, 5.41) is 29.8. The van der Waals surface area contributed by atoms with Crippen molar-refractivity contribution in [2.75, 3.05) is 72.8 Å². The van der Waals surface area contributed by atoms with Crippen molar-refractivity contribution >= 4 is 51.7 Å². The molecule has 2 saturated heterocycles. The summed E-state index contributed by atoms with van der Waals surface area (Å²) < 4.78 is 31.6. The van der Waals surface area contributed by atoms with Gasteiger partial charge in [-0.2, -0.15) is 0 Å². The van der Waals surface area contributed by atoms with E-state index in [-0.39, 0.29) is 78.4 Å². The number of nitro benzene ring substituents is 2. The van der Waals surface area contributed by atoms with E-state index in [9.17, 15) is 34.6 Å². The molecule has 2 unspecified atom stereocenters. The Balaban J connectivity index is 0.861. The first-order valence-corrected chi connectivity index (χ1v) is 22.1. The summed E-state index contributed by atoms with van der Waals surface area (Å²) in [5.74, 6) is -3.28. The van der Waals surface area contributed by atoms with Crippen LogP contribution in [0.25, 0.3) is 0 Å². The van der Waals surface area contributed by atoms with Crippen LogP contribution >= 0.6 is 0 Å². The number of Topliss-reactive ketones (excluding diaryl/α,β-unsaturated/α-hetero) is 1. The normalized spacial score (nSPS) is 17.8. The second-order valence-corrected chi connectivity index (χ2v) is 17.3. The molecule has 4 aliphatic rings. The highest BCUT2D eigenvalue weighted by molar-refractivity contribution is 6.01. The highest BCUT2D eigenvalue weighted by Crippen LogP contribution is 2.34. The van der Waals surface area contributed by atoms with E-state index in [0.29, 0.717) is 60.1 Å². The number of nitrogens with zero attached hydrogens (tertiary/aromatic N) is 6. The molecule has 4 aromatic rings. The van der Waals surface area contributed by atoms with Crippen LogP contribution in [-0.4, -0.2) is 102 Å². The molecule has 0 aromatic heterocycles. The number of carbonyl (C=O) groups excluding carboxylic acids is 3. The highest BCUT2D eigenvalue weighted by Gasteiger charge is 2.32. The molecule has 4 fully saturated rings. The smallest absolute Gasteiger partial charge is 0.270 e. The number of hydrogen-bond acceptors (Lipinski definition) is 11. The topological polar surface area (TPSA) is 175 Å². The minimum Gasteiger partial charge on any atom is -0.382 e. The Morgan fingerprint density at radius 1 is 0.578 bits per heavy atom. The first-order chi connectivity index (χ1) is 30.7. The van der Waals surface area contributed by atoms with Gasteiger partial charge in [-0.25, -0.2) is 8.78 Å². The second-order valence-electron chi connectivity index (χ2n) is 17.3. The molecule has 336 valence electrons. The van der Waals surface area contributed by atoms with E-state index in [1.807, 2.05) is 9.80 Å². The third-order valence-corrected chi connectivity index (χ3v) is 13.4. The summed E-state index contributed by atoms with van der Waals surface area (Å²) >= 11 is 0. The van der Waals surface area contributed by atoms with E-state index >= 15 is 8.78 Å². The Hall–Kier alpha value is -6.65. The van der Waals surface area contributed by atoms with Crippen molar-refractivity contribution in [3.05, 3.63) is 127 Å². The van der Waals surface area contributed by atoms with Crippen molar-refractivity contribution in [3.63, 3.8) is 0 Å². The number of nitrogens with one attached hydrogen (secondary N) is 2. The fraction of sp³-hybridized carbons (Fsp3) is 0.426. The maximum atomic E-state index is 15.8. The largest absolute Gasteiger partial charge is 0.382 e. The molecule has 2 N–H and O–H groups in total. The van der Waals surface area contributed by atoms with Gasteiger partial charge >= 0.3 is 0 Å². The average Bonchev–Trinajstić information content (AvgIpc) is 3.27. The van der Waals surface area contributed by atoms with Gasteiger partial charge in [0.2, 0.25) is 0 Å². The van der Waals surface area contributed by atoms with Gasteiger partial charge in [0, 0.05) is 112 Å².